The zero-order chi connectivity index (χ0) is 19.1. The first-order valence-corrected chi connectivity index (χ1v) is 8.62. The summed E-state index contributed by atoms with van der Waals surface area (Å²) in [4.78, 5) is 17.9. The van der Waals surface area contributed by atoms with Gasteiger partial charge in [0.25, 0.3) is 0 Å². The van der Waals surface area contributed by atoms with Crippen molar-refractivity contribution < 1.29 is 18.4 Å². The van der Waals surface area contributed by atoms with Gasteiger partial charge in [0.15, 0.2) is 11.6 Å². The van der Waals surface area contributed by atoms with Crippen molar-refractivity contribution in [2.24, 2.45) is 0 Å². The number of rotatable bonds is 3. The molecule has 3 aromatic heterocycles. The summed E-state index contributed by atoms with van der Waals surface area (Å²) in [5.74, 6) is -0.684. The van der Waals surface area contributed by atoms with E-state index in [2.05, 4.69) is 31.2 Å². The van der Waals surface area contributed by atoms with Gasteiger partial charge in [-0.2, -0.15) is 4.98 Å². The first kappa shape index (κ1) is 18.6. The molecular weight excluding hydrogens is 433 g/mol. The third kappa shape index (κ3) is 3.80. The Bertz CT molecular complexity index is 954. The molecule has 8 nitrogen and oxygen atoms in total. The molecule has 0 spiro atoms. The van der Waals surface area contributed by atoms with Gasteiger partial charge in [-0.3, -0.25) is 4.90 Å². The Kier molecular flexibility index (Phi) is 4.89. The zero-order valence-electron chi connectivity index (χ0n) is 14.0. The fraction of sp³-hybridized carbons (Fsp3) is 0.333. The second kappa shape index (κ2) is 6.84. The number of nitrogens with zero attached hydrogens (tertiary/aromatic N) is 5. The number of halogens is 3. The van der Waals surface area contributed by atoms with Gasteiger partial charge < -0.3 is 9.26 Å². The van der Waals surface area contributed by atoms with Crippen molar-refractivity contribution in [2.45, 2.75) is 32.9 Å². The van der Waals surface area contributed by atoms with Crippen molar-refractivity contribution >= 4 is 45.0 Å². The summed E-state index contributed by atoms with van der Waals surface area (Å²) in [5, 5.41) is 7.54. The molecular formula is C15H14BrClFN5O3. The molecule has 11 heteroatoms. The Morgan fingerprint density at radius 3 is 2.85 bits per heavy atom. The number of amides is 1. The molecule has 1 amide bonds. The van der Waals surface area contributed by atoms with E-state index in [4.69, 9.17) is 20.9 Å². The highest BCUT2D eigenvalue weighted by Crippen LogP contribution is 2.30. The average Bonchev–Trinajstić information content (AvgIpc) is 3.11. The second-order valence-corrected chi connectivity index (χ2v) is 7.54. The Morgan fingerprint density at radius 2 is 2.23 bits per heavy atom. The second-order valence-electron chi connectivity index (χ2n) is 6.35. The van der Waals surface area contributed by atoms with E-state index in [9.17, 15) is 9.18 Å². The van der Waals surface area contributed by atoms with E-state index in [-0.39, 0.29) is 27.6 Å². The number of aromatic nitrogens is 4. The summed E-state index contributed by atoms with van der Waals surface area (Å²) in [7, 11) is 0. The van der Waals surface area contributed by atoms with Crippen LogP contribution in [-0.4, -0.2) is 31.4 Å². The van der Waals surface area contributed by atoms with Crippen molar-refractivity contribution in [3.8, 4) is 0 Å². The van der Waals surface area contributed by atoms with Crippen LogP contribution in [0.3, 0.4) is 0 Å². The summed E-state index contributed by atoms with van der Waals surface area (Å²) in [6.45, 7) is 5.10. The van der Waals surface area contributed by atoms with Gasteiger partial charge in [0.05, 0.1) is 11.0 Å². The SMILES string of the molecule is CC(C)(C)OC(=O)N(Cc1ccon1)c1nc(Cl)nn2cc(Br)c(F)c12. The van der Waals surface area contributed by atoms with Crippen LogP contribution in [-0.2, 0) is 11.3 Å². The molecule has 0 radical (unpaired) electrons. The number of carbonyl (C=O) groups is 1. The minimum absolute atomic E-state index is 0.0318. The predicted molar refractivity (Wildman–Crippen MR) is 94.6 cm³/mol. The summed E-state index contributed by atoms with van der Waals surface area (Å²) >= 11 is 9.05. The van der Waals surface area contributed by atoms with Gasteiger partial charge in [-0.25, -0.2) is 13.7 Å². The summed E-state index contributed by atoms with van der Waals surface area (Å²) < 4.78 is 26.2. The minimum atomic E-state index is -0.770. The Balaban J connectivity index is 2.15. The van der Waals surface area contributed by atoms with Crippen molar-refractivity contribution in [3.63, 3.8) is 0 Å². The molecule has 0 fully saturated rings. The predicted octanol–water partition coefficient (Wildman–Crippen LogP) is 4.21. The molecule has 0 bridgehead atoms. The summed E-state index contributed by atoms with van der Waals surface area (Å²) in [6.07, 6.45) is 2.00. The molecule has 0 aromatic carbocycles. The highest BCUT2D eigenvalue weighted by atomic mass is 79.9. The number of carbonyl (C=O) groups excluding carboxylic acids is 1. The molecule has 3 heterocycles. The third-order valence-electron chi connectivity index (χ3n) is 3.16. The van der Waals surface area contributed by atoms with Gasteiger partial charge in [-0.15, -0.1) is 5.10 Å². The van der Waals surface area contributed by atoms with Gasteiger partial charge in [0.2, 0.25) is 5.28 Å². The molecule has 0 aliphatic carbocycles. The lowest BCUT2D eigenvalue weighted by Gasteiger charge is -2.26. The first-order chi connectivity index (χ1) is 12.2. The van der Waals surface area contributed by atoms with E-state index in [1.807, 2.05) is 0 Å². The molecule has 0 saturated carbocycles. The molecule has 26 heavy (non-hydrogen) atoms. The van der Waals surface area contributed by atoms with Crippen LogP contribution >= 0.6 is 27.5 Å². The summed E-state index contributed by atoms with van der Waals surface area (Å²) in [6, 6.07) is 1.57. The molecule has 0 aliphatic heterocycles. The number of hydrogen-bond donors (Lipinski definition) is 0. The monoisotopic (exact) mass is 445 g/mol. The minimum Gasteiger partial charge on any atom is -0.443 e. The molecule has 0 aliphatic rings. The van der Waals surface area contributed by atoms with Crippen LogP contribution in [0.25, 0.3) is 5.52 Å². The maximum atomic E-state index is 14.6. The highest BCUT2D eigenvalue weighted by Gasteiger charge is 2.29. The Morgan fingerprint density at radius 1 is 1.50 bits per heavy atom. The number of hydrogen-bond acceptors (Lipinski definition) is 6. The van der Waals surface area contributed by atoms with Crippen LogP contribution in [0, 0.1) is 5.82 Å². The molecule has 3 aromatic rings. The molecule has 138 valence electrons. The maximum absolute atomic E-state index is 14.6. The van der Waals surface area contributed by atoms with Crippen molar-refractivity contribution in [1.29, 1.82) is 0 Å². The van der Waals surface area contributed by atoms with Crippen LogP contribution in [0.4, 0.5) is 15.0 Å². The van der Waals surface area contributed by atoms with Crippen LogP contribution in [0.5, 0.6) is 0 Å². The summed E-state index contributed by atoms with van der Waals surface area (Å²) in [5.41, 5.74) is -0.377. The standard InChI is InChI=1S/C15H14BrClFN5O3/c1-15(2,3)26-14(24)22(6-8-4-5-25-21-8)12-11-10(18)9(16)7-23(11)20-13(17)19-12/h4-5,7H,6H2,1-3H3. The quantitative estimate of drug-likeness (QED) is 0.599. The number of anilines is 1. The smallest absolute Gasteiger partial charge is 0.416 e. The molecule has 0 unspecified atom stereocenters. The topological polar surface area (TPSA) is 85.8 Å². The highest BCUT2D eigenvalue weighted by molar-refractivity contribution is 9.10. The van der Waals surface area contributed by atoms with Gasteiger partial charge in [-0.1, -0.05) is 5.16 Å². The Hall–Kier alpha value is -2.20. The third-order valence-corrected chi connectivity index (χ3v) is 3.88. The van der Waals surface area contributed by atoms with Crippen LogP contribution in [0.15, 0.2) is 27.5 Å². The van der Waals surface area contributed by atoms with Gasteiger partial charge in [0, 0.05) is 12.3 Å². The molecule has 0 atom stereocenters. The van der Waals surface area contributed by atoms with E-state index in [1.54, 1.807) is 26.8 Å². The Labute approximate surface area is 161 Å². The molecule has 0 N–H and O–H groups in total. The van der Waals surface area contributed by atoms with Gasteiger partial charge in [0.1, 0.15) is 23.1 Å². The number of fused-ring (bicyclic) bond motifs is 1. The van der Waals surface area contributed by atoms with Gasteiger partial charge in [-0.05, 0) is 48.3 Å². The van der Waals surface area contributed by atoms with Gasteiger partial charge >= 0.3 is 6.09 Å². The fourth-order valence-corrected chi connectivity index (χ4v) is 2.73. The zero-order valence-corrected chi connectivity index (χ0v) is 16.4. The van der Waals surface area contributed by atoms with E-state index in [0.717, 1.165) is 4.90 Å². The molecule has 3 rings (SSSR count). The molecule has 0 saturated heterocycles. The van der Waals surface area contributed by atoms with Crippen molar-refractivity contribution in [1.82, 2.24) is 19.8 Å². The lowest BCUT2D eigenvalue weighted by molar-refractivity contribution is 0.0576. The average molecular weight is 447 g/mol. The lowest BCUT2D eigenvalue weighted by atomic mass is 10.2. The van der Waals surface area contributed by atoms with E-state index in [1.165, 1.54) is 17.0 Å². The van der Waals surface area contributed by atoms with Crippen LogP contribution in [0.2, 0.25) is 5.28 Å². The van der Waals surface area contributed by atoms with Crippen molar-refractivity contribution in [2.75, 3.05) is 4.90 Å². The van der Waals surface area contributed by atoms with Crippen LogP contribution < -0.4 is 4.90 Å². The number of ether oxygens (including phenoxy) is 1. The fourth-order valence-electron chi connectivity index (χ4n) is 2.19. The van der Waals surface area contributed by atoms with E-state index in [0.29, 0.717) is 5.69 Å². The normalized spacial score (nSPS) is 11.8. The maximum Gasteiger partial charge on any atom is 0.416 e. The van der Waals surface area contributed by atoms with E-state index >= 15 is 0 Å². The first-order valence-electron chi connectivity index (χ1n) is 7.45. The van der Waals surface area contributed by atoms with Crippen molar-refractivity contribution in [3.05, 3.63) is 39.8 Å². The largest absolute Gasteiger partial charge is 0.443 e. The van der Waals surface area contributed by atoms with E-state index < -0.39 is 17.5 Å². The lowest BCUT2D eigenvalue weighted by Crippen LogP contribution is -2.37. The van der Waals surface area contributed by atoms with Crippen LogP contribution in [0.1, 0.15) is 26.5 Å².